The molecule has 7 nitrogen and oxygen atoms in total. The van der Waals surface area contributed by atoms with E-state index in [0.717, 1.165) is 23.1 Å². The first-order chi connectivity index (χ1) is 16.9. The van der Waals surface area contributed by atoms with Gasteiger partial charge in [0.15, 0.2) is 17.3 Å². The number of nitrogens with one attached hydrogen (secondary N) is 1. The molecule has 1 N–H and O–H groups in total. The van der Waals surface area contributed by atoms with Crippen LogP contribution >= 0.6 is 0 Å². The van der Waals surface area contributed by atoms with Crippen LogP contribution in [-0.4, -0.2) is 52.2 Å². The zero-order valence-corrected chi connectivity index (χ0v) is 18.8. The standard InChI is InChI=1S/C24H20F5N3O4/c1-13(33)16-11-31(18-7-3-2-5-15(16)18)12-21(34)32-10-14(25)9-19(32)23(35)30-17-6-4-8-20(22(17)26)36-24(27,28)29/h2-8,11,14,19H,9-10,12H2,1H3,(H,30,35)/t14-,19+/m1/s1. The van der Waals surface area contributed by atoms with Gasteiger partial charge in [0.2, 0.25) is 11.8 Å². The minimum absolute atomic E-state index is 0.210. The molecule has 2 amide bonds. The number of amides is 2. The Morgan fingerprint density at radius 1 is 1.11 bits per heavy atom. The van der Waals surface area contributed by atoms with Crippen molar-refractivity contribution in [3.8, 4) is 5.75 Å². The first-order valence-corrected chi connectivity index (χ1v) is 10.8. The fraction of sp³-hybridized carbons (Fsp3) is 0.292. The number of para-hydroxylation sites is 1. The van der Waals surface area contributed by atoms with Crippen LogP contribution < -0.4 is 10.1 Å². The summed E-state index contributed by atoms with van der Waals surface area (Å²) >= 11 is 0. The number of ketones is 1. The number of Topliss-reactive ketones (excluding diaryl/α,β-unsaturated/α-hetero) is 1. The molecule has 0 bridgehead atoms. The van der Waals surface area contributed by atoms with Crippen molar-refractivity contribution in [3.05, 3.63) is 60.0 Å². The number of carbonyl (C=O) groups excluding carboxylic acids is 3. The van der Waals surface area contributed by atoms with Gasteiger partial charge in [0.25, 0.3) is 0 Å². The number of alkyl halides is 4. The van der Waals surface area contributed by atoms with E-state index in [-0.39, 0.29) is 18.7 Å². The van der Waals surface area contributed by atoms with Crippen molar-refractivity contribution in [2.75, 3.05) is 11.9 Å². The van der Waals surface area contributed by atoms with Crippen molar-refractivity contribution < 1.29 is 41.1 Å². The van der Waals surface area contributed by atoms with E-state index in [1.807, 2.05) is 0 Å². The van der Waals surface area contributed by atoms with Gasteiger partial charge in [0.05, 0.1) is 12.2 Å². The van der Waals surface area contributed by atoms with Gasteiger partial charge in [-0.05, 0) is 25.1 Å². The van der Waals surface area contributed by atoms with Crippen molar-refractivity contribution in [1.29, 1.82) is 0 Å². The number of benzene rings is 2. The summed E-state index contributed by atoms with van der Waals surface area (Å²) in [7, 11) is 0. The normalized spacial score (nSPS) is 17.9. The molecule has 0 radical (unpaired) electrons. The van der Waals surface area contributed by atoms with Crippen LogP contribution in [0.1, 0.15) is 23.7 Å². The third-order valence-corrected chi connectivity index (χ3v) is 5.79. The summed E-state index contributed by atoms with van der Waals surface area (Å²) in [5.74, 6) is -4.41. The number of nitrogens with zero attached hydrogens (tertiary/aromatic N) is 2. The molecule has 2 atom stereocenters. The molecule has 0 saturated carbocycles. The van der Waals surface area contributed by atoms with E-state index < -0.39 is 54.2 Å². The van der Waals surface area contributed by atoms with E-state index in [0.29, 0.717) is 16.5 Å². The predicted octanol–water partition coefficient (Wildman–Crippen LogP) is 4.46. The summed E-state index contributed by atoms with van der Waals surface area (Å²) in [6.45, 7) is 0.694. The van der Waals surface area contributed by atoms with Crippen LogP contribution in [0.5, 0.6) is 5.75 Å². The van der Waals surface area contributed by atoms with Gasteiger partial charge in [0, 0.05) is 29.1 Å². The fourth-order valence-electron chi connectivity index (χ4n) is 4.23. The number of ether oxygens (including phenoxy) is 1. The smallest absolute Gasteiger partial charge is 0.403 e. The van der Waals surface area contributed by atoms with E-state index in [1.54, 1.807) is 24.3 Å². The molecular weight excluding hydrogens is 489 g/mol. The topological polar surface area (TPSA) is 80.6 Å². The maximum Gasteiger partial charge on any atom is 0.573 e. The van der Waals surface area contributed by atoms with Crippen molar-refractivity contribution in [2.45, 2.75) is 38.5 Å². The lowest BCUT2D eigenvalue weighted by Gasteiger charge is -2.24. The second-order valence-corrected chi connectivity index (χ2v) is 8.29. The van der Waals surface area contributed by atoms with E-state index in [4.69, 9.17) is 0 Å². The second-order valence-electron chi connectivity index (χ2n) is 8.29. The molecule has 2 aromatic carbocycles. The molecular formula is C24H20F5N3O4. The maximum atomic E-state index is 14.5. The van der Waals surface area contributed by atoms with Gasteiger partial charge in [-0.2, -0.15) is 0 Å². The molecule has 1 aromatic heterocycles. The Kier molecular flexibility index (Phi) is 6.70. The van der Waals surface area contributed by atoms with Crippen molar-refractivity contribution in [1.82, 2.24) is 9.47 Å². The van der Waals surface area contributed by atoms with Gasteiger partial charge in [-0.25, -0.2) is 8.78 Å². The van der Waals surface area contributed by atoms with Crippen LogP contribution in [0, 0.1) is 5.82 Å². The van der Waals surface area contributed by atoms with Gasteiger partial charge in [-0.1, -0.05) is 24.3 Å². The number of hydrogen-bond donors (Lipinski definition) is 1. The Morgan fingerprint density at radius 2 is 1.83 bits per heavy atom. The monoisotopic (exact) mass is 509 g/mol. The number of likely N-dealkylation sites (tertiary alicyclic amines) is 1. The van der Waals surface area contributed by atoms with Crippen LogP contribution in [0.2, 0.25) is 0 Å². The third-order valence-electron chi connectivity index (χ3n) is 5.79. The molecule has 190 valence electrons. The number of halogens is 5. The molecule has 3 aromatic rings. The lowest BCUT2D eigenvalue weighted by molar-refractivity contribution is -0.275. The number of hydrogen-bond acceptors (Lipinski definition) is 4. The Balaban J connectivity index is 1.54. The Labute approximate surface area is 201 Å². The molecule has 0 spiro atoms. The number of rotatable bonds is 6. The van der Waals surface area contributed by atoms with Crippen LogP contribution in [0.4, 0.5) is 27.6 Å². The van der Waals surface area contributed by atoms with Crippen LogP contribution in [0.15, 0.2) is 48.7 Å². The Hall–Kier alpha value is -3.96. The maximum absolute atomic E-state index is 14.5. The third kappa shape index (κ3) is 5.16. The highest BCUT2D eigenvalue weighted by Crippen LogP contribution is 2.31. The van der Waals surface area contributed by atoms with Gasteiger partial charge < -0.3 is 19.5 Å². The number of carbonyl (C=O) groups is 3. The Morgan fingerprint density at radius 3 is 2.53 bits per heavy atom. The number of fused-ring (bicyclic) bond motifs is 1. The average molecular weight is 509 g/mol. The summed E-state index contributed by atoms with van der Waals surface area (Å²) in [5.41, 5.74) is 0.379. The van der Waals surface area contributed by atoms with Crippen molar-refractivity contribution in [2.24, 2.45) is 0 Å². The van der Waals surface area contributed by atoms with E-state index in [2.05, 4.69) is 10.1 Å². The largest absolute Gasteiger partial charge is 0.573 e. The predicted molar refractivity (Wildman–Crippen MR) is 119 cm³/mol. The first kappa shape index (κ1) is 25.1. The quantitative estimate of drug-likeness (QED) is 0.393. The van der Waals surface area contributed by atoms with Crippen LogP contribution in [-0.2, 0) is 16.1 Å². The van der Waals surface area contributed by atoms with E-state index in [9.17, 15) is 36.3 Å². The highest BCUT2D eigenvalue weighted by atomic mass is 19.4. The average Bonchev–Trinajstić information content (AvgIpc) is 3.37. The van der Waals surface area contributed by atoms with Crippen molar-refractivity contribution in [3.63, 3.8) is 0 Å². The van der Waals surface area contributed by atoms with E-state index in [1.165, 1.54) is 17.7 Å². The highest BCUT2D eigenvalue weighted by molar-refractivity contribution is 6.07. The molecule has 1 aliphatic heterocycles. The lowest BCUT2D eigenvalue weighted by Crippen LogP contribution is -2.44. The molecule has 1 fully saturated rings. The SMILES string of the molecule is CC(=O)c1cn(CC(=O)N2C[C@H](F)C[C@H]2C(=O)Nc2cccc(OC(F)(F)F)c2F)c2ccccc12. The van der Waals surface area contributed by atoms with E-state index >= 15 is 0 Å². The van der Waals surface area contributed by atoms with Gasteiger partial charge >= 0.3 is 6.36 Å². The Bertz CT molecular complexity index is 1340. The molecule has 2 heterocycles. The molecule has 12 heteroatoms. The highest BCUT2D eigenvalue weighted by Gasteiger charge is 2.40. The second kappa shape index (κ2) is 9.59. The number of aromatic nitrogens is 1. The van der Waals surface area contributed by atoms with Gasteiger partial charge in [0.1, 0.15) is 18.8 Å². The molecule has 0 aliphatic carbocycles. The van der Waals surface area contributed by atoms with Crippen LogP contribution in [0.3, 0.4) is 0 Å². The molecule has 1 saturated heterocycles. The zero-order valence-electron chi connectivity index (χ0n) is 18.8. The van der Waals surface area contributed by atoms with Crippen LogP contribution in [0.25, 0.3) is 10.9 Å². The molecule has 4 rings (SSSR count). The zero-order chi connectivity index (χ0) is 26.2. The van der Waals surface area contributed by atoms with Crippen molar-refractivity contribution >= 4 is 34.2 Å². The van der Waals surface area contributed by atoms with Gasteiger partial charge in [-0.3, -0.25) is 14.4 Å². The summed E-state index contributed by atoms with van der Waals surface area (Å²) in [6.07, 6.45) is -5.55. The summed E-state index contributed by atoms with van der Waals surface area (Å²) < 4.78 is 71.3. The first-order valence-electron chi connectivity index (χ1n) is 10.8. The number of anilines is 1. The van der Waals surface area contributed by atoms with Gasteiger partial charge in [-0.15, -0.1) is 13.2 Å². The molecule has 0 unspecified atom stereocenters. The summed E-state index contributed by atoms with van der Waals surface area (Å²) in [5, 5.41) is 2.76. The molecule has 36 heavy (non-hydrogen) atoms. The minimum Gasteiger partial charge on any atom is -0.403 e. The molecule has 1 aliphatic rings. The lowest BCUT2D eigenvalue weighted by atomic mass is 10.1. The summed E-state index contributed by atoms with van der Waals surface area (Å²) in [4.78, 5) is 38.9. The minimum atomic E-state index is -5.15. The summed E-state index contributed by atoms with van der Waals surface area (Å²) in [6, 6.07) is 8.36. The fourth-order valence-corrected chi connectivity index (χ4v) is 4.23.